The number of nitrogens with zero attached hydrogens (tertiary/aromatic N) is 5. The molecule has 4 heterocycles. The summed E-state index contributed by atoms with van der Waals surface area (Å²) in [7, 11) is 1.85. The van der Waals surface area contributed by atoms with Crippen molar-refractivity contribution in [3.8, 4) is 17.1 Å². The van der Waals surface area contributed by atoms with Crippen molar-refractivity contribution >= 4 is 23.2 Å². The number of fused-ring (bicyclic) bond motifs is 7. The second-order valence-electron chi connectivity index (χ2n) is 8.96. The van der Waals surface area contributed by atoms with Gasteiger partial charge in [0.25, 0.3) is 5.91 Å². The quantitative estimate of drug-likeness (QED) is 0.555. The highest BCUT2D eigenvalue weighted by molar-refractivity contribution is 6.19. The first-order chi connectivity index (χ1) is 15.9. The van der Waals surface area contributed by atoms with E-state index < -0.39 is 0 Å². The smallest absolute Gasteiger partial charge is 0.280 e. The predicted molar refractivity (Wildman–Crippen MR) is 129 cm³/mol. The molecule has 0 radical (unpaired) electrons. The van der Waals surface area contributed by atoms with Gasteiger partial charge in [-0.05, 0) is 62.4 Å². The molecule has 5 rings (SSSR count). The maximum Gasteiger partial charge on any atom is 0.280 e. The van der Waals surface area contributed by atoms with Gasteiger partial charge in [0.1, 0.15) is 0 Å². The minimum Gasteiger partial charge on any atom is -0.477 e. The third-order valence-electron chi connectivity index (χ3n) is 6.09. The van der Waals surface area contributed by atoms with E-state index in [1.54, 1.807) is 23.0 Å². The fourth-order valence-electron chi connectivity index (χ4n) is 4.41. The molecule has 1 N–H and O–H groups in total. The van der Waals surface area contributed by atoms with Crippen LogP contribution in [0.15, 0.2) is 41.5 Å². The number of carbonyl (C=O) groups excluding carboxylic acids is 1. The van der Waals surface area contributed by atoms with Crippen LogP contribution in [-0.2, 0) is 7.05 Å². The second kappa shape index (κ2) is 8.35. The van der Waals surface area contributed by atoms with E-state index >= 15 is 0 Å². The number of anilines is 2. The Kier molecular flexibility index (Phi) is 5.36. The molecule has 1 amide bonds. The summed E-state index contributed by atoms with van der Waals surface area (Å²) >= 11 is 0. The van der Waals surface area contributed by atoms with Gasteiger partial charge < -0.3 is 15.0 Å². The Morgan fingerprint density at radius 1 is 1.18 bits per heavy atom. The largest absolute Gasteiger partial charge is 0.477 e. The van der Waals surface area contributed by atoms with Crippen molar-refractivity contribution in [3.63, 3.8) is 0 Å². The van der Waals surface area contributed by atoms with Crippen LogP contribution in [0, 0.1) is 19.8 Å². The highest BCUT2D eigenvalue weighted by Crippen LogP contribution is 2.35. The molecule has 2 aromatic heterocycles. The average Bonchev–Trinajstić information content (AvgIpc) is 3.30. The van der Waals surface area contributed by atoms with E-state index in [1.165, 1.54) is 5.56 Å². The molecule has 170 valence electrons. The predicted octanol–water partition coefficient (Wildman–Crippen LogP) is 4.34. The van der Waals surface area contributed by atoms with Crippen molar-refractivity contribution < 1.29 is 9.53 Å². The van der Waals surface area contributed by atoms with Gasteiger partial charge >= 0.3 is 0 Å². The van der Waals surface area contributed by atoms with Gasteiger partial charge in [-0.2, -0.15) is 10.1 Å². The number of amides is 1. The van der Waals surface area contributed by atoms with Gasteiger partial charge in [-0.3, -0.25) is 9.78 Å². The van der Waals surface area contributed by atoms with Gasteiger partial charge in [-0.15, -0.1) is 0 Å². The molecule has 2 aliphatic rings. The van der Waals surface area contributed by atoms with Gasteiger partial charge in [0.15, 0.2) is 0 Å². The van der Waals surface area contributed by atoms with Crippen LogP contribution in [-0.4, -0.2) is 39.8 Å². The molecule has 8 nitrogen and oxygen atoms in total. The zero-order valence-corrected chi connectivity index (χ0v) is 19.4. The van der Waals surface area contributed by atoms with Crippen molar-refractivity contribution in [1.29, 1.82) is 0 Å². The summed E-state index contributed by atoms with van der Waals surface area (Å²) in [5.41, 5.74) is 5.83. The Morgan fingerprint density at radius 3 is 2.88 bits per heavy atom. The molecular formula is C25H28N6O2. The van der Waals surface area contributed by atoms with Crippen molar-refractivity contribution in [2.75, 3.05) is 23.4 Å². The van der Waals surface area contributed by atoms with Crippen molar-refractivity contribution in [2.24, 2.45) is 18.0 Å². The normalized spacial score (nSPS) is 19.8. The molecule has 0 saturated heterocycles. The number of aryl methyl sites for hydroxylation is 3. The fraction of sp³-hybridized carbons (Fsp3) is 0.360. The summed E-state index contributed by atoms with van der Waals surface area (Å²) in [4.78, 5) is 24.6. The fourth-order valence-corrected chi connectivity index (χ4v) is 4.41. The molecule has 1 aromatic carbocycles. The van der Waals surface area contributed by atoms with Crippen LogP contribution in [0.25, 0.3) is 11.3 Å². The zero-order chi connectivity index (χ0) is 23.1. The van der Waals surface area contributed by atoms with Gasteiger partial charge in [-0.25, -0.2) is 4.68 Å². The van der Waals surface area contributed by atoms with E-state index in [2.05, 4.69) is 51.3 Å². The highest BCUT2D eigenvalue weighted by Gasteiger charge is 2.28. The Bertz CT molecular complexity index is 1260. The van der Waals surface area contributed by atoms with Crippen LogP contribution in [0.3, 0.4) is 0 Å². The molecule has 33 heavy (non-hydrogen) atoms. The number of guanidine groups is 1. The third-order valence-corrected chi connectivity index (χ3v) is 6.09. The van der Waals surface area contributed by atoms with Crippen LogP contribution in [0.1, 0.15) is 41.4 Å². The number of aromatic nitrogens is 3. The lowest BCUT2D eigenvalue weighted by Crippen LogP contribution is -2.35. The molecule has 2 aliphatic heterocycles. The molecular weight excluding hydrogens is 416 g/mol. The number of hydrogen-bond donors (Lipinski definition) is 1. The van der Waals surface area contributed by atoms with Crippen LogP contribution in [0.5, 0.6) is 5.88 Å². The summed E-state index contributed by atoms with van der Waals surface area (Å²) in [6, 6.07) is 9.77. The van der Waals surface area contributed by atoms with Gasteiger partial charge in [0.2, 0.25) is 11.8 Å². The summed E-state index contributed by atoms with van der Waals surface area (Å²) in [5, 5.41) is 7.70. The standard InChI is InChI=1S/C25H28N6O2/c1-15-7-8-20-22(10-15)31-14-16(2)6-5-9-33-24-19(13-26-30(24)4)21-12-18(11-17(3)27-21)23(32)29-25(31)28-20/h7-8,10-13,16H,5-6,9,14H2,1-4H3,(H,28,29,32). The molecule has 0 saturated carbocycles. The number of benzene rings is 1. The molecule has 1 atom stereocenters. The van der Waals surface area contributed by atoms with E-state index in [4.69, 9.17) is 4.74 Å². The summed E-state index contributed by atoms with van der Waals surface area (Å²) < 4.78 is 7.84. The van der Waals surface area contributed by atoms with Gasteiger partial charge in [-0.1, -0.05) is 13.0 Å². The number of aliphatic imine (C=N–C) groups is 1. The highest BCUT2D eigenvalue weighted by atomic mass is 16.5. The van der Waals surface area contributed by atoms with Crippen molar-refractivity contribution in [2.45, 2.75) is 33.6 Å². The molecule has 1 unspecified atom stereocenters. The number of ether oxygens (including phenoxy) is 1. The van der Waals surface area contributed by atoms with E-state index in [0.717, 1.165) is 42.0 Å². The van der Waals surface area contributed by atoms with Crippen LogP contribution in [0.2, 0.25) is 0 Å². The number of carbonyl (C=O) groups is 1. The Labute approximate surface area is 193 Å². The molecule has 0 spiro atoms. The first-order valence-corrected chi connectivity index (χ1v) is 11.3. The maximum absolute atomic E-state index is 13.3. The lowest BCUT2D eigenvalue weighted by molar-refractivity contribution is 0.100. The van der Waals surface area contributed by atoms with Crippen molar-refractivity contribution in [1.82, 2.24) is 14.8 Å². The molecule has 0 fully saturated rings. The lowest BCUT2D eigenvalue weighted by atomic mass is 10.0. The molecule has 8 heteroatoms. The van der Waals surface area contributed by atoms with E-state index in [-0.39, 0.29) is 5.91 Å². The summed E-state index contributed by atoms with van der Waals surface area (Å²) in [6.07, 6.45) is 3.63. The number of nitrogens with one attached hydrogen (secondary N) is 1. The lowest BCUT2D eigenvalue weighted by Gasteiger charge is -2.23. The topological polar surface area (TPSA) is 84.6 Å². The minimum absolute atomic E-state index is 0.312. The van der Waals surface area contributed by atoms with Crippen LogP contribution in [0.4, 0.5) is 11.4 Å². The first-order valence-electron chi connectivity index (χ1n) is 11.3. The van der Waals surface area contributed by atoms with E-state index in [1.807, 2.05) is 20.0 Å². The molecule has 0 aliphatic carbocycles. The van der Waals surface area contributed by atoms with Gasteiger partial charge in [0.05, 0.1) is 35.4 Å². The monoisotopic (exact) mass is 444 g/mol. The zero-order valence-electron chi connectivity index (χ0n) is 19.4. The Balaban J connectivity index is 1.60. The third kappa shape index (κ3) is 4.08. The van der Waals surface area contributed by atoms with E-state index in [0.29, 0.717) is 35.6 Å². The number of hydrogen-bond acceptors (Lipinski definition) is 6. The molecule has 2 bridgehead atoms. The van der Waals surface area contributed by atoms with Crippen LogP contribution < -0.4 is 15.0 Å². The summed E-state index contributed by atoms with van der Waals surface area (Å²) in [6.45, 7) is 7.51. The van der Waals surface area contributed by atoms with Crippen LogP contribution >= 0.6 is 0 Å². The van der Waals surface area contributed by atoms with E-state index in [9.17, 15) is 4.79 Å². The first kappa shape index (κ1) is 21.2. The van der Waals surface area contributed by atoms with Gasteiger partial charge in [0, 0.05) is 24.8 Å². The Morgan fingerprint density at radius 2 is 2.03 bits per heavy atom. The van der Waals surface area contributed by atoms with Crippen molar-refractivity contribution in [3.05, 3.63) is 53.3 Å². The summed E-state index contributed by atoms with van der Waals surface area (Å²) in [5.74, 6) is 1.29. The minimum atomic E-state index is -0.312. The SMILES string of the molecule is Cc1ccc2c(c1)N1CC(C)CCCOc3c(cnn3C)-c3cc(cc(C)n3)C(=O)/N=C/1N2. The molecule has 3 aromatic rings. The maximum atomic E-state index is 13.3. The number of rotatable bonds is 0. The Hall–Kier alpha value is -3.68. The number of pyridine rings is 1. The second-order valence-corrected chi connectivity index (χ2v) is 8.96. The average molecular weight is 445 g/mol.